The quantitative estimate of drug-likeness (QED) is 0.577. The fraction of sp³-hybridized carbons (Fsp3) is 0.571. The van der Waals surface area contributed by atoms with Crippen LogP contribution in [-0.2, 0) is 4.74 Å². The van der Waals surface area contributed by atoms with Crippen LogP contribution in [0, 0.1) is 0 Å². The summed E-state index contributed by atoms with van der Waals surface area (Å²) in [5.41, 5.74) is 1.11. The standard InChI is InChI=1S/C7H11NO3/c9-7(10)8-5-6-1-3-11-4-2-6/h1,8H,2-5H2,(H,9,10). The SMILES string of the molecule is O=C(O)NCC1=CCOCC1. The lowest BCUT2D eigenvalue weighted by Gasteiger charge is -2.12. The van der Waals surface area contributed by atoms with Gasteiger partial charge in [-0.25, -0.2) is 4.79 Å². The monoisotopic (exact) mass is 157 g/mol. The zero-order valence-electron chi connectivity index (χ0n) is 6.17. The van der Waals surface area contributed by atoms with Crippen molar-refractivity contribution in [2.75, 3.05) is 19.8 Å². The first-order valence-electron chi connectivity index (χ1n) is 3.51. The van der Waals surface area contributed by atoms with E-state index in [2.05, 4.69) is 5.32 Å². The van der Waals surface area contributed by atoms with E-state index in [1.165, 1.54) is 0 Å². The molecule has 2 N–H and O–H groups in total. The predicted octanol–water partition coefficient (Wildman–Crippen LogP) is 0.601. The van der Waals surface area contributed by atoms with Crippen LogP contribution in [0.1, 0.15) is 6.42 Å². The minimum atomic E-state index is -0.975. The topological polar surface area (TPSA) is 58.6 Å². The van der Waals surface area contributed by atoms with Crippen LogP contribution >= 0.6 is 0 Å². The first-order chi connectivity index (χ1) is 5.29. The second kappa shape index (κ2) is 3.98. The molecule has 0 aromatic rings. The third-order valence-electron chi connectivity index (χ3n) is 1.52. The van der Waals surface area contributed by atoms with E-state index in [0.29, 0.717) is 19.8 Å². The molecule has 4 heteroatoms. The van der Waals surface area contributed by atoms with Gasteiger partial charge in [-0.05, 0) is 6.42 Å². The predicted molar refractivity (Wildman–Crippen MR) is 39.5 cm³/mol. The van der Waals surface area contributed by atoms with Crippen molar-refractivity contribution in [2.24, 2.45) is 0 Å². The molecule has 0 aromatic carbocycles. The van der Waals surface area contributed by atoms with E-state index < -0.39 is 6.09 Å². The van der Waals surface area contributed by atoms with Crippen molar-refractivity contribution in [3.05, 3.63) is 11.6 Å². The van der Waals surface area contributed by atoms with E-state index >= 15 is 0 Å². The van der Waals surface area contributed by atoms with E-state index in [0.717, 1.165) is 12.0 Å². The summed E-state index contributed by atoms with van der Waals surface area (Å²) in [7, 11) is 0. The number of amides is 1. The van der Waals surface area contributed by atoms with Gasteiger partial charge in [0.15, 0.2) is 0 Å². The Morgan fingerprint density at radius 2 is 2.64 bits per heavy atom. The van der Waals surface area contributed by atoms with Crippen LogP contribution in [0.4, 0.5) is 4.79 Å². The summed E-state index contributed by atoms with van der Waals surface area (Å²) in [5, 5.41) is 10.6. The van der Waals surface area contributed by atoms with Gasteiger partial charge in [0, 0.05) is 6.54 Å². The highest BCUT2D eigenvalue weighted by Crippen LogP contribution is 2.05. The molecule has 0 spiro atoms. The third kappa shape index (κ3) is 3.04. The van der Waals surface area contributed by atoms with Crippen LogP contribution in [0.5, 0.6) is 0 Å². The van der Waals surface area contributed by atoms with Crippen LogP contribution in [0.2, 0.25) is 0 Å². The Morgan fingerprint density at radius 3 is 3.18 bits per heavy atom. The molecule has 0 unspecified atom stereocenters. The van der Waals surface area contributed by atoms with E-state index in [9.17, 15) is 4.79 Å². The van der Waals surface area contributed by atoms with Crippen LogP contribution in [0.15, 0.2) is 11.6 Å². The minimum Gasteiger partial charge on any atom is -0.465 e. The van der Waals surface area contributed by atoms with Crippen molar-refractivity contribution in [1.82, 2.24) is 5.32 Å². The molecule has 11 heavy (non-hydrogen) atoms. The second-order valence-corrected chi connectivity index (χ2v) is 2.35. The average Bonchev–Trinajstić information content (AvgIpc) is 2.03. The van der Waals surface area contributed by atoms with E-state index in [4.69, 9.17) is 9.84 Å². The molecule has 0 fully saturated rings. The van der Waals surface area contributed by atoms with Crippen molar-refractivity contribution >= 4 is 6.09 Å². The van der Waals surface area contributed by atoms with Crippen molar-refractivity contribution in [2.45, 2.75) is 6.42 Å². The van der Waals surface area contributed by atoms with Gasteiger partial charge < -0.3 is 15.2 Å². The number of nitrogens with one attached hydrogen (secondary N) is 1. The van der Waals surface area contributed by atoms with Crippen molar-refractivity contribution in [3.8, 4) is 0 Å². The molecule has 1 rings (SSSR count). The van der Waals surface area contributed by atoms with Gasteiger partial charge in [-0.15, -0.1) is 0 Å². The van der Waals surface area contributed by atoms with E-state index in [-0.39, 0.29) is 0 Å². The number of hydrogen-bond donors (Lipinski definition) is 2. The summed E-state index contributed by atoms with van der Waals surface area (Å²) >= 11 is 0. The molecular formula is C7H11NO3. The lowest BCUT2D eigenvalue weighted by atomic mass is 10.1. The fourth-order valence-corrected chi connectivity index (χ4v) is 0.915. The van der Waals surface area contributed by atoms with Gasteiger partial charge >= 0.3 is 6.09 Å². The average molecular weight is 157 g/mol. The summed E-state index contributed by atoms with van der Waals surface area (Å²) in [5.74, 6) is 0. The number of hydrogen-bond acceptors (Lipinski definition) is 2. The van der Waals surface area contributed by atoms with Crippen LogP contribution < -0.4 is 5.32 Å². The van der Waals surface area contributed by atoms with Crippen LogP contribution in [0.3, 0.4) is 0 Å². The van der Waals surface area contributed by atoms with Gasteiger partial charge in [0.2, 0.25) is 0 Å². The number of ether oxygens (including phenoxy) is 1. The Labute approximate surface area is 64.9 Å². The van der Waals surface area contributed by atoms with Gasteiger partial charge in [0.05, 0.1) is 13.2 Å². The van der Waals surface area contributed by atoms with E-state index in [1.54, 1.807) is 0 Å². The molecule has 62 valence electrons. The number of carboxylic acid groups (broad SMARTS) is 1. The Hall–Kier alpha value is -1.03. The van der Waals surface area contributed by atoms with Gasteiger partial charge in [0.1, 0.15) is 0 Å². The van der Waals surface area contributed by atoms with Crippen LogP contribution in [0.25, 0.3) is 0 Å². The van der Waals surface area contributed by atoms with Crippen molar-refractivity contribution in [3.63, 3.8) is 0 Å². The Bertz CT molecular complexity index is 177. The molecule has 0 aliphatic carbocycles. The first-order valence-corrected chi connectivity index (χ1v) is 3.51. The lowest BCUT2D eigenvalue weighted by Crippen LogP contribution is -2.24. The van der Waals surface area contributed by atoms with Gasteiger partial charge in [0.25, 0.3) is 0 Å². The first kappa shape index (κ1) is 8.07. The molecule has 1 heterocycles. The molecule has 0 saturated heterocycles. The van der Waals surface area contributed by atoms with Gasteiger partial charge in [-0.1, -0.05) is 11.6 Å². The fourth-order valence-electron chi connectivity index (χ4n) is 0.915. The smallest absolute Gasteiger partial charge is 0.404 e. The maximum absolute atomic E-state index is 10.1. The molecule has 1 amide bonds. The summed E-state index contributed by atoms with van der Waals surface area (Å²) < 4.78 is 5.05. The maximum atomic E-state index is 10.1. The lowest BCUT2D eigenvalue weighted by molar-refractivity contribution is 0.153. The Balaban J connectivity index is 2.24. The third-order valence-corrected chi connectivity index (χ3v) is 1.52. The minimum absolute atomic E-state index is 0.429. The molecule has 0 atom stereocenters. The highest BCUT2D eigenvalue weighted by molar-refractivity contribution is 5.64. The molecule has 0 bridgehead atoms. The van der Waals surface area contributed by atoms with Crippen molar-refractivity contribution in [1.29, 1.82) is 0 Å². The maximum Gasteiger partial charge on any atom is 0.404 e. The van der Waals surface area contributed by atoms with Gasteiger partial charge in [-0.2, -0.15) is 0 Å². The molecule has 0 aromatic heterocycles. The molecule has 1 aliphatic rings. The second-order valence-electron chi connectivity index (χ2n) is 2.35. The summed E-state index contributed by atoms with van der Waals surface area (Å²) in [4.78, 5) is 10.1. The summed E-state index contributed by atoms with van der Waals surface area (Å²) in [6.45, 7) is 1.74. The zero-order chi connectivity index (χ0) is 8.10. The van der Waals surface area contributed by atoms with Crippen molar-refractivity contribution < 1.29 is 14.6 Å². The zero-order valence-corrected chi connectivity index (χ0v) is 6.17. The van der Waals surface area contributed by atoms with Gasteiger partial charge in [-0.3, -0.25) is 0 Å². The highest BCUT2D eigenvalue weighted by atomic mass is 16.5. The molecule has 1 aliphatic heterocycles. The summed E-state index contributed by atoms with van der Waals surface area (Å²) in [6, 6.07) is 0. The molecule has 0 radical (unpaired) electrons. The molecular weight excluding hydrogens is 146 g/mol. The number of carbonyl (C=O) groups is 1. The summed E-state index contributed by atoms with van der Waals surface area (Å²) in [6.07, 6.45) is 1.78. The molecule has 0 saturated carbocycles. The Kier molecular flexibility index (Phi) is 2.92. The molecule has 4 nitrogen and oxygen atoms in total. The van der Waals surface area contributed by atoms with E-state index in [1.807, 2.05) is 6.08 Å². The highest BCUT2D eigenvalue weighted by Gasteiger charge is 2.03. The Morgan fingerprint density at radius 1 is 1.82 bits per heavy atom. The van der Waals surface area contributed by atoms with Crippen LogP contribution in [-0.4, -0.2) is 31.0 Å². The normalized spacial score (nSPS) is 17.3. The number of rotatable bonds is 2. The largest absolute Gasteiger partial charge is 0.465 e.